The van der Waals surface area contributed by atoms with Crippen LogP contribution in [0.4, 0.5) is 0 Å². The van der Waals surface area contributed by atoms with Crippen LogP contribution in [-0.4, -0.2) is 18.5 Å². The fourth-order valence-electron chi connectivity index (χ4n) is 1.51. The summed E-state index contributed by atoms with van der Waals surface area (Å²) in [6.07, 6.45) is 9.29. The van der Waals surface area contributed by atoms with Gasteiger partial charge in [-0.05, 0) is 12.3 Å². The molecule has 0 aromatic rings. The highest BCUT2D eigenvalue weighted by atomic mass is 79.9. The van der Waals surface area contributed by atoms with Crippen molar-refractivity contribution in [3.05, 3.63) is 0 Å². The van der Waals surface area contributed by atoms with Crippen molar-refractivity contribution < 1.29 is 4.74 Å². The van der Waals surface area contributed by atoms with Crippen molar-refractivity contribution >= 4 is 15.9 Å². The number of unbranched alkanes of at least 4 members (excludes halogenated alkanes) is 5. The van der Waals surface area contributed by atoms with Crippen LogP contribution < -0.4 is 0 Å². The van der Waals surface area contributed by atoms with Gasteiger partial charge >= 0.3 is 0 Å². The van der Waals surface area contributed by atoms with E-state index in [4.69, 9.17) is 4.74 Å². The Bertz CT molecular complexity index is 113. The van der Waals surface area contributed by atoms with E-state index in [2.05, 4.69) is 29.8 Å². The lowest BCUT2D eigenvalue weighted by atomic mass is 10.1. The Morgan fingerprint density at radius 3 is 2.27 bits per heavy atom. The molecule has 0 heterocycles. The second kappa shape index (κ2) is 12.5. The molecule has 0 saturated carbocycles. The molecule has 0 rings (SSSR count). The molecule has 0 saturated heterocycles. The Labute approximate surface area is 104 Å². The zero-order valence-electron chi connectivity index (χ0n) is 10.4. The second-order valence-corrected chi connectivity index (χ2v) is 4.92. The van der Waals surface area contributed by atoms with Crippen molar-refractivity contribution in [1.82, 2.24) is 0 Å². The van der Waals surface area contributed by atoms with Gasteiger partial charge in [0.1, 0.15) is 0 Å². The summed E-state index contributed by atoms with van der Waals surface area (Å²) in [6, 6.07) is 0. The third-order valence-corrected chi connectivity index (χ3v) is 3.71. The van der Waals surface area contributed by atoms with E-state index in [-0.39, 0.29) is 0 Å². The van der Waals surface area contributed by atoms with Crippen LogP contribution in [0.1, 0.15) is 58.8 Å². The third-order valence-electron chi connectivity index (χ3n) is 2.79. The Kier molecular flexibility index (Phi) is 12.9. The van der Waals surface area contributed by atoms with Gasteiger partial charge in [0.05, 0.1) is 6.61 Å². The van der Waals surface area contributed by atoms with Gasteiger partial charge in [-0.2, -0.15) is 0 Å². The van der Waals surface area contributed by atoms with Crippen LogP contribution >= 0.6 is 15.9 Å². The van der Waals surface area contributed by atoms with Gasteiger partial charge in [-0.3, -0.25) is 0 Å². The Hall–Kier alpha value is 0.440. The fraction of sp³-hybridized carbons (Fsp3) is 1.00. The van der Waals surface area contributed by atoms with Crippen molar-refractivity contribution in [3.63, 3.8) is 0 Å². The summed E-state index contributed by atoms with van der Waals surface area (Å²) in [5.41, 5.74) is 0. The SMILES string of the molecule is CCCCCCCCOCC(CC)CBr. The van der Waals surface area contributed by atoms with Gasteiger partial charge in [-0.1, -0.05) is 68.3 Å². The highest BCUT2D eigenvalue weighted by Crippen LogP contribution is 2.08. The minimum atomic E-state index is 0.699. The molecular formula is C13H27BrO. The monoisotopic (exact) mass is 278 g/mol. The molecule has 92 valence electrons. The fourth-order valence-corrected chi connectivity index (χ4v) is 2.15. The van der Waals surface area contributed by atoms with Crippen LogP contribution in [0.3, 0.4) is 0 Å². The molecule has 0 aromatic heterocycles. The number of ether oxygens (including phenoxy) is 1. The normalized spacial score (nSPS) is 13.0. The van der Waals surface area contributed by atoms with E-state index in [1.807, 2.05) is 0 Å². The summed E-state index contributed by atoms with van der Waals surface area (Å²) in [4.78, 5) is 0. The molecule has 0 bridgehead atoms. The maximum atomic E-state index is 5.65. The van der Waals surface area contributed by atoms with Crippen molar-refractivity contribution in [3.8, 4) is 0 Å². The van der Waals surface area contributed by atoms with E-state index in [0.29, 0.717) is 5.92 Å². The zero-order chi connectivity index (χ0) is 11.4. The molecule has 0 spiro atoms. The molecule has 0 aliphatic heterocycles. The van der Waals surface area contributed by atoms with Crippen LogP contribution in [0.5, 0.6) is 0 Å². The molecule has 0 N–H and O–H groups in total. The number of halogens is 1. The Morgan fingerprint density at radius 2 is 1.67 bits per heavy atom. The average Bonchev–Trinajstić information content (AvgIpc) is 2.27. The molecule has 0 aliphatic carbocycles. The maximum absolute atomic E-state index is 5.65. The van der Waals surface area contributed by atoms with E-state index in [1.165, 1.54) is 44.9 Å². The largest absolute Gasteiger partial charge is 0.381 e. The summed E-state index contributed by atoms with van der Waals surface area (Å²) in [5.74, 6) is 0.699. The molecule has 0 radical (unpaired) electrons. The highest BCUT2D eigenvalue weighted by molar-refractivity contribution is 9.09. The van der Waals surface area contributed by atoms with Crippen LogP contribution in [0.25, 0.3) is 0 Å². The van der Waals surface area contributed by atoms with Gasteiger partial charge in [-0.25, -0.2) is 0 Å². The molecule has 15 heavy (non-hydrogen) atoms. The van der Waals surface area contributed by atoms with E-state index in [1.54, 1.807) is 0 Å². The van der Waals surface area contributed by atoms with Gasteiger partial charge in [0.25, 0.3) is 0 Å². The summed E-state index contributed by atoms with van der Waals surface area (Å²) in [7, 11) is 0. The third kappa shape index (κ3) is 10.7. The summed E-state index contributed by atoms with van der Waals surface area (Å²) >= 11 is 3.51. The standard InChI is InChI=1S/C13H27BrO/c1-3-5-6-7-8-9-10-15-12-13(4-2)11-14/h13H,3-12H2,1-2H3. The van der Waals surface area contributed by atoms with E-state index >= 15 is 0 Å². The average molecular weight is 279 g/mol. The van der Waals surface area contributed by atoms with Crippen LogP contribution in [0.15, 0.2) is 0 Å². The molecular weight excluding hydrogens is 252 g/mol. The lowest BCUT2D eigenvalue weighted by Crippen LogP contribution is -2.10. The Morgan fingerprint density at radius 1 is 1.00 bits per heavy atom. The topological polar surface area (TPSA) is 9.23 Å². The van der Waals surface area contributed by atoms with E-state index in [0.717, 1.165) is 18.5 Å². The molecule has 0 amide bonds. The van der Waals surface area contributed by atoms with Crippen molar-refractivity contribution in [2.45, 2.75) is 58.8 Å². The number of hydrogen-bond donors (Lipinski definition) is 0. The van der Waals surface area contributed by atoms with Gasteiger partial charge in [-0.15, -0.1) is 0 Å². The molecule has 0 fully saturated rings. The summed E-state index contributed by atoms with van der Waals surface area (Å²) in [5, 5.41) is 1.07. The van der Waals surface area contributed by atoms with E-state index < -0.39 is 0 Å². The summed E-state index contributed by atoms with van der Waals surface area (Å²) in [6.45, 7) is 6.36. The number of hydrogen-bond acceptors (Lipinski definition) is 1. The first kappa shape index (κ1) is 15.4. The molecule has 1 nitrogen and oxygen atoms in total. The quantitative estimate of drug-likeness (QED) is 0.390. The predicted octanol–water partition coefficient (Wildman–Crippen LogP) is 4.78. The first-order chi connectivity index (χ1) is 7.35. The highest BCUT2D eigenvalue weighted by Gasteiger charge is 2.03. The smallest absolute Gasteiger partial charge is 0.0502 e. The van der Waals surface area contributed by atoms with Crippen LogP contribution in [0, 0.1) is 5.92 Å². The van der Waals surface area contributed by atoms with Gasteiger partial charge in [0.15, 0.2) is 0 Å². The molecule has 1 atom stereocenters. The van der Waals surface area contributed by atoms with Crippen molar-refractivity contribution in [2.75, 3.05) is 18.5 Å². The summed E-state index contributed by atoms with van der Waals surface area (Å²) < 4.78 is 5.65. The van der Waals surface area contributed by atoms with Crippen LogP contribution in [0.2, 0.25) is 0 Å². The lowest BCUT2D eigenvalue weighted by Gasteiger charge is -2.11. The molecule has 0 aliphatic rings. The minimum absolute atomic E-state index is 0.699. The molecule has 0 aromatic carbocycles. The first-order valence-electron chi connectivity index (χ1n) is 6.48. The number of rotatable bonds is 11. The minimum Gasteiger partial charge on any atom is -0.381 e. The van der Waals surface area contributed by atoms with Crippen molar-refractivity contribution in [2.24, 2.45) is 5.92 Å². The van der Waals surface area contributed by atoms with E-state index in [9.17, 15) is 0 Å². The molecule has 2 heteroatoms. The van der Waals surface area contributed by atoms with Gasteiger partial charge in [0, 0.05) is 11.9 Å². The predicted molar refractivity (Wildman–Crippen MR) is 71.8 cm³/mol. The lowest BCUT2D eigenvalue weighted by molar-refractivity contribution is 0.102. The maximum Gasteiger partial charge on any atom is 0.0502 e. The first-order valence-corrected chi connectivity index (χ1v) is 7.61. The number of alkyl halides is 1. The van der Waals surface area contributed by atoms with Crippen molar-refractivity contribution in [1.29, 1.82) is 0 Å². The zero-order valence-corrected chi connectivity index (χ0v) is 12.0. The molecule has 1 unspecified atom stereocenters. The van der Waals surface area contributed by atoms with Gasteiger partial charge < -0.3 is 4.74 Å². The van der Waals surface area contributed by atoms with Gasteiger partial charge in [0.2, 0.25) is 0 Å². The Balaban J connectivity index is 3.04. The second-order valence-electron chi connectivity index (χ2n) is 4.27. The van der Waals surface area contributed by atoms with Crippen LogP contribution in [-0.2, 0) is 4.74 Å².